The maximum atomic E-state index is 11.2. The molecule has 3 nitrogen and oxygen atoms in total. The summed E-state index contributed by atoms with van der Waals surface area (Å²) in [6.07, 6.45) is 0. The topological polar surface area (TPSA) is 38.3 Å². The Morgan fingerprint density at radius 2 is 2.31 bits per heavy atom. The normalized spacial score (nSPS) is 10.1. The second kappa shape index (κ2) is 6.45. The average Bonchev–Trinajstić information content (AvgIpc) is 2.64. The second-order valence-electron chi connectivity index (χ2n) is 3.44. The smallest absolute Gasteiger partial charge is 0.334 e. The minimum absolute atomic E-state index is 0.322. The lowest BCUT2D eigenvalue weighted by molar-refractivity contribution is -0.138. The summed E-state index contributed by atoms with van der Waals surface area (Å²) in [6, 6.07) is 4.17. The molecule has 1 rings (SSSR count). The summed E-state index contributed by atoms with van der Waals surface area (Å²) in [5.41, 5.74) is 0.468. The van der Waals surface area contributed by atoms with Crippen LogP contribution in [0.4, 0.5) is 0 Å². The highest BCUT2D eigenvalue weighted by molar-refractivity contribution is 7.11. The van der Waals surface area contributed by atoms with Gasteiger partial charge in [0, 0.05) is 28.4 Å². The van der Waals surface area contributed by atoms with Gasteiger partial charge in [0.25, 0.3) is 0 Å². The molecule has 1 heterocycles. The summed E-state index contributed by atoms with van der Waals surface area (Å²) in [5, 5.41) is 3.16. The summed E-state index contributed by atoms with van der Waals surface area (Å²) in [6.45, 7) is 9.16. The fourth-order valence-corrected chi connectivity index (χ4v) is 2.08. The molecule has 0 spiro atoms. The van der Waals surface area contributed by atoms with E-state index in [9.17, 15) is 4.79 Å². The molecule has 16 heavy (non-hydrogen) atoms. The van der Waals surface area contributed by atoms with E-state index >= 15 is 0 Å². The van der Waals surface area contributed by atoms with E-state index in [1.807, 2.05) is 0 Å². The second-order valence-corrected chi connectivity index (χ2v) is 4.81. The first-order valence-corrected chi connectivity index (χ1v) is 6.06. The molecule has 0 aliphatic carbocycles. The fraction of sp³-hybridized carbons (Fsp3) is 0.417. The van der Waals surface area contributed by atoms with E-state index in [0.29, 0.717) is 18.7 Å². The Labute approximate surface area is 100 Å². The van der Waals surface area contributed by atoms with Gasteiger partial charge in [-0.15, -0.1) is 11.3 Å². The molecule has 0 saturated heterocycles. The van der Waals surface area contributed by atoms with E-state index in [2.05, 4.69) is 31.0 Å². The number of aryl methyl sites for hydroxylation is 1. The van der Waals surface area contributed by atoms with Crippen molar-refractivity contribution >= 4 is 17.3 Å². The quantitative estimate of drug-likeness (QED) is 0.611. The van der Waals surface area contributed by atoms with Gasteiger partial charge in [-0.1, -0.05) is 6.58 Å². The van der Waals surface area contributed by atoms with Crippen molar-refractivity contribution in [1.29, 1.82) is 0 Å². The Kier molecular flexibility index (Phi) is 5.22. The van der Waals surface area contributed by atoms with Crippen molar-refractivity contribution in [2.24, 2.45) is 0 Å². The van der Waals surface area contributed by atoms with E-state index < -0.39 is 0 Å². The molecule has 1 aromatic rings. The van der Waals surface area contributed by atoms with Crippen molar-refractivity contribution in [3.63, 3.8) is 0 Å². The van der Waals surface area contributed by atoms with E-state index in [-0.39, 0.29) is 5.97 Å². The highest BCUT2D eigenvalue weighted by Gasteiger charge is 2.06. The standard InChI is InChI=1S/C12H17NO2S/c1-4-15-12(14)9(2)7-13-8-11-6-5-10(3)16-11/h5-6,13H,2,4,7-8H2,1,3H3. The summed E-state index contributed by atoms with van der Waals surface area (Å²) in [5.74, 6) is -0.322. The number of hydrogen-bond acceptors (Lipinski definition) is 4. The first-order chi connectivity index (χ1) is 7.63. The lowest BCUT2D eigenvalue weighted by Crippen LogP contribution is -2.21. The molecular weight excluding hydrogens is 222 g/mol. The highest BCUT2D eigenvalue weighted by atomic mass is 32.1. The van der Waals surface area contributed by atoms with Crippen LogP contribution in [-0.2, 0) is 16.1 Å². The predicted octanol–water partition coefficient (Wildman–Crippen LogP) is 2.27. The van der Waals surface area contributed by atoms with Crippen molar-refractivity contribution in [3.05, 3.63) is 34.0 Å². The molecule has 0 aromatic carbocycles. The zero-order chi connectivity index (χ0) is 12.0. The highest BCUT2D eigenvalue weighted by Crippen LogP contribution is 2.14. The Balaban J connectivity index is 2.25. The van der Waals surface area contributed by atoms with Crippen LogP contribution in [0.15, 0.2) is 24.3 Å². The summed E-state index contributed by atoms with van der Waals surface area (Å²) >= 11 is 1.75. The molecule has 0 bridgehead atoms. The molecule has 0 radical (unpaired) electrons. The molecular formula is C12H17NO2S. The average molecular weight is 239 g/mol. The van der Waals surface area contributed by atoms with Crippen LogP contribution in [0.25, 0.3) is 0 Å². The van der Waals surface area contributed by atoms with E-state index in [1.54, 1.807) is 18.3 Å². The Morgan fingerprint density at radius 3 is 2.88 bits per heavy atom. The van der Waals surface area contributed by atoms with Gasteiger partial charge in [0.1, 0.15) is 0 Å². The van der Waals surface area contributed by atoms with Gasteiger partial charge in [-0.3, -0.25) is 0 Å². The van der Waals surface area contributed by atoms with Gasteiger partial charge < -0.3 is 10.1 Å². The van der Waals surface area contributed by atoms with Crippen LogP contribution >= 0.6 is 11.3 Å². The minimum Gasteiger partial charge on any atom is -0.463 e. The van der Waals surface area contributed by atoms with Gasteiger partial charge in [-0.2, -0.15) is 0 Å². The molecule has 1 aromatic heterocycles. The third-order valence-electron chi connectivity index (χ3n) is 2.00. The maximum Gasteiger partial charge on any atom is 0.334 e. The number of ether oxygens (including phenoxy) is 1. The number of carbonyl (C=O) groups is 1. The summed E-state index contributed by atoms with van der Waals surface area (Å²) < 4.78 is 4.83. The molecule has 0 aliphatic rings. The van der Waals surface area contributed by atoms with Gasteiger partial charge in [-0.25, -0.2) is 4.79 Å². The predicted molar refractivity (Wildman–Crippen MR) is 66.5 cm³/mol. The van der Waals surface area contributed by atoms with Crippen molar-refractivity contribution in [3.8, 4) is 0 Å². The van der Waals surface area contributed by atoms with Crippen LogP contribution in [0.3, 0.4) is 0 Å². The van der Waals surface area contributed by atoms with Gasteiger partial charge in [-0.05, 0) is 26.0 Å². The Hall–Kier alpha value is -1.13. The monoisotopic (exact) mass is 239 g/mol. The Bertz CT molecular complexity index is 371. The molecule has 0 atom stereocenters. The molecule has 0 aliphatic heterocycles. The third kappa shape index (κ3) is 4.16. The van der Waals surface area contributed by atoms with Crippen LogP contribution < -0.4 is 5.32 Å². The van der Waals surface area contributed by atoms with Crippen LogP contribution in [0, 0.1) is 6.92 Å². The van der Waals surface area contributed by atoms with Crippen molar-refractivity contribution in [2.75, 3.05) is 13.2 Å². The van der Waals surface area contributed by atoms with E-state index in [4.69, 9.17) is 4.74 Å². The summed E-state index contributed by atoms with van der Waals surface area (Å²) in [7, 11) is 0. The number of hydrogen-bond donors (Lipinski definition) is 1. The summed E-state index contributed by atoms with van der Waals surface area (Å²) in [4.78, 5) is 13.8. The zero-order valence-electron chi connectivity index (χ0n) is 9.71. The van der Waals surface area contributed by atoms with Gasteiger partial charge in [0.05, 0.1) is 6.61 Å². The number of nitrogens with one attached hydrogen (secondary N) is 1. The largest absolute Gasteiger partial charge is 0.463 e. The molecule has 1 N–H and O–H groups in total. The first-order valence-electron chi connectivity index (χ1n) is 5.24. The minimum atomic E-state index is -0.322. The molecule has 0 amide bonds. The van der Waals surface area contributed by atoms with Crippen molar-refractivity contribution < 1.29 is 9.53 Å². The maximum absolute atomic E-state index is 11.2. The van der Waals surface area contributed by atoms with Gasteiger partial charge in [0.2, 0.25) is 0 Å². The molecule has 0 fully saturated rings. The van der Waals surface area contributed by atoms with Crippen LogP contribution in [0.1, 0.15) is 16.7 Å². The fourth-order valence-electron chi connectivity index (χ4n) is 1.22. The van der Waals surface area contributed by atoms with E-state index in [1.165, 1.54) is 9.75 Å². The molecule has 0 unspecified atom stereocenters. The number of carbonyl (C=O) groups excluding carboxylic acids is 1. The Morgan fingerprint density at radius 1 is 1.56 bits per heavy atom. The number of rotatable bonds is 6. The van der Waals surface area contributed by atoms with Crippen LogP contribution in [0.5, 0.6) is 0 Å². The van der Waals surface area contributed by atoms with Crippen LogP contribution in [-0.4, -0.2) is 19.1 Å². The molecule has 88 valence electrons. The number of esters is 1. The van der Waals surface area contributed by atoms with Crippen LogP contribution in [0.2, 0.25) is 0 Å². The zero-order valence-corrected chi connectivity index (χ0v) is 10.5. The third-order valence-corrected chi connectivity index (χ3v) is 3.00. The lowest BCUT2D eigenvalue weighted by atomic mass is 10.3. The SMILES string of the molecule is C=C(CNCc1ccc(C)s1)C(=O)OCC. The first kappa shape index (κ1) is 12.9. The molecule has 4 heteroatoms. The van der Waals surface area contributed by atoms with E-state index in [0.717, 1.165) is 6.54 Å². The van der Waals surface area contributed by atoms with Gasteiger partial charge in [0.15, 0.2) is 0 Å². The van der Waals surface area contributed by atoms with Crippen molar-refractivity contribution in [2.45, 2.75) is 20.4 Å². The molecule has 0 saturated carbocycles. The number of thiophene rings is 1. The lowest BCUT2D eigenvalue weighted by Gasteiger charge is -2.05. The van der Waals surface area contributed by atoms with Crippen molar-refractivity contribution in [1.82, 2.24) is 5.32 Å². The van der Waals surface area contributed by atoms with Gasteiger partial charge >= 0.3 is 5.97 Å².